The molecule has 0 bridgehead atoms. The number of rotatable bonds is 7. The lowest BCUT2D eigenvalue weighted by molar-refractivity contribution is -0.215. The molecular formula is C19H27N5O6. The lowest BCUT2D eigenvalue weighted by Crippen LogP contribution is -2.32. The van der Waals surface area contributed by atoms with Gasteiger partial charge in [-0.1, -0.05) is 0 Å². The standard InChI is InChI=1S/C19H27N5O6/c1-19(2,26)30-15-8-12(9-28-18(25)27-5)29-16(15)13-6-7-14-17(21-11-23(3)4)20-10-22-24(13)14/h6-7,10-12,15-16,26H,8-9H2,1-5H3/b21-11-/t12-,15+,16-/m0/s1. The van der Waals surface area contributed by atoms with Crippen molar-refractivity contribution in [2.24, 2.45) is 4.99 Å². The van der Waals surface area contributed by atoms with Gasteiger partial charge in [0.25, 0.3) is 0 Å². The Morgan fingerprint density at radius 2 is 2.23 bits per heavy atom. The SMILES string of the molecule is COC(=O)OC[C@@H]1C[C@@H](OC(C)(C)O)[C@H](c2ccc3c(/N=C\N(C)C)ncnn23)O1. The first kappa shape index (κ1) is 21.9. The first-order chi connectivity index (χ1) is 14.2. The number of aliphatic hydroxyl groups is 1. The molecule has 3 rings (SSSR count). The van der Waals surface area contributed by atoms with E-state index in [2.05, 4.69) is 19.8 Å². The van der Waals surface area contributed by atoms with E-state index in [-0.39, 0.29) is 6.61 Å². The van der Waals surface area contributed by atoms with E-state index in [1.54, 1.807) is 24.7 Å². The lowest BCUT2D eigenvalue weighted by Gasteiger charge is -2.26. The van der Waals surface area contributed by atoms with Crippen LogP contribution in [-0.4, -0.2) is 82.9 Å². The number of hydrogen-bond acceptors (Lipinski definition) is 9. The molecule has 1 fully saturated rings. The predicted molar refractivity (Wildman–Crippen MR) is 107 cm³/mol. The highest BCUT2D eigenvalue weighted by atomic mass is 16.7. The van der Waals surface area contributed by atoms with Gasteiger partial charge in [0.05, 0.1) is 31.4 Å². The summed E-state index contributed by atoms with van der Waals surface area (Å²) < 4.78 is 23.1. The summed E-state index contributed by atoms with van der Waals surface area (Å²) in [4.78, 5) is 21.7. The zero-order valence-corrected chi connectivity index (χ0v) is 17.7. The van der Waals surface area contributed by atoms with Crippen LogP contribution in [-0.2, 0) is 18.9 Å². The van der Waals surface area contributed by atoms with Gasteiger partial charge in [-0.25, -0.2) is 19.3 Å². The molecule has 0 aromatic carbocycles. The van der Waals surface area contributed by atoms with Crippen molar-refractivity contribution in [2.45, 2.75) is 44.4 Å². The maximum atomic E-state index is 11.3. The molecule has 1 aliphatic heterocycles. The van der Waals surface area contributed by atoms with Crippen LogP contribution in [0.2, 0.25) is 0 Å². The van der Waals surface area contributed by atoms with Crippen molar-refractivity contribution in [3.63, 3.8) is 0 Å². The number of aliphatic imine (C=N–C) groups is 1. The van der Waals surface area contributed by atoms with Crippen LogP contribution in [0.25, 0.3) is 5.52 Å². The van der Waals surface area contributed by atoms with Gasteiger partial charge in [-0.2, -0.15) is 5.10 Å². The Bertz CT molecular complexity index is 906. The normalized spacial score (nSPS) is 22.0. The maximum Gasteiger partial charge on any atom is 0.508 e. The summed E-state index contributed by atoms with van der Waals surface area (Å²) in [6, 6.07) is 3.70. The van der Waals surface area contributed by atoms with Crippen molar-refractivity contribution in [2.75, 3.05) is 27.8 Å². The smallest absolute Gasteiger partial charge is 0.438 e. The van der Waals surface area contributed by atoms with Gasteiger partial charge in [0.1, 0.15) is 24.6 Å². The molecule has 1 N–H and O–H groups in total. The fourth-order valence-electron chi connectivity index (χ4n) is 3.23. The molecule has 30 heavy (non-hydrogen) atoms. The largest absolute Gasteiger partial charge is 0.508 e. The molecular weight excluding hydrogens is 394 g/mol. The molecule has 1 aliphatic rings. The van der Waals surface area contributed by atoms with Crippen LogP contribution in [0.5, 0.6) is 0 Å². The van der Waals surface area contributed by atoms with E-state index in [1.807, 2.05) is 31.1 Å². The molecule has 164 valence electrons. The van der Waals surface area contributed by atoms with Crippen molar-refractivity contribution < 1.29 is 28.8 Å². The number of carbonyl (C=O) groups excluding carboxylic acids is 1. The molecule has 11 nitrogen and oxygen atoms in total. The number of fused-ring (bicyclic) bond motifs is 1. The quantitative estimate of drug-likeness (QED) is 0.308. The lowest BCUT2D eigenvalue weighted by atomic mass is 10.1. The summed E-state index contributed by atoms with van der Waals surface area (Å²) in [6.07, 6.45) is 1.23. The molecule has 2 aromatic heterocycles. The molecule has 1 saturated heterocycles. The average Bonchev–Trinajstić information content (AvgIpc) is 3.26. The Morgan fingerprint density at radius 3 is 2.90 bits per heavy atom. The Labute approximate surface area is 174 Å². The minimum absolute atomic E-state index is 0.00552. The number of aromatic nitrogens is 3. The highest BCUT2D eigenvalue weighted by molar-refractivity contribution is 5.70. The molecule has 2 aromatic rings. The minimum atomic E-state index is -1.37. The fraction of sp³-hybridized carbons (Fsp3) is 0.579. The number of carbonyl (C=O) groups is 1. The topological polar surface area (TPSA) is 120 Å². The third kappa shape index (κ3) is 5.23. The van der Waals surface area contributed by atoms with E-state index >= 15 is 0 Å². The van der Waals surface area contributed by atoms with E-state index in [0.29, 0.717) is 23.4 Å². The van der Waals surface area contributed by atoms with Crippen LogP contribution in [0, 0.1) is 0 Å². The molecule has 0 saturated carbocycles. The third-order valence-electron chi connectivity index (χ3n) is 4.33. The molecule has 0 unspecified atom stereocenters. The predicted octanol–water partition coefficient (Wildman–Crippen LogP) is 1.68. The third-order valence-corrected chi connectivity index (χ3v) is 4.33. The van der Waals surface area contributed by atoms with Crippen LogP contribution in [0.15, 0.2) is 23.5 Å². The highest BCUT2D eigenvalue weighted by Gasteiger charge is 2.41. The summed E-state index contributed by atoms with van der Waals surface area (Å²) in [7, 11) is 4.98. The first-order valence-corrected chi connectivity index (χ1v) is 9.47. The van der Waals surface area contributed by atoms with Crippen LogP contribution in [0.4, 0.5) is 10.6 Å². The number of hydrogen-bond donors (Lipinski definition) is 1. The van der Waals surface area contributed by atoms with Crippen LogP contribution >= 0.6 is 0 Å². The van der Waals surface area contributed by atoms with Gasteiger partial charge in [0, 0.05) is 20.5 Å². The second-order valence-corrected chi connectivity index (χ2v) is 7.63. The molecule has 3 atom stereocenters. The van der Waals surface area contributed by atoms with Gasteiger partial charge >= 0.3 is 6.16 Å². The number of nitrogens with zero attached hydrogens (tertiary/aromatic N) is 5. The van der Waals surface area contributed by atoms with Crippen molar-refractivity contribution in [1.82, 2.24) is 19.5 Å². The van der Waals surface area contributed by atoms with E-state index in [0.717, 1.165) is 0 Å². The van der Waals surface area contributed by atoms with Crippen LogP contribution in [0.1, 0.15) is 32.1 Å². The molecule has 11 heteroatoms. The maximum absolute atomic E-state index is 11.3. The Hall–Kier alpha value is -2.76. The van der Waals surface area contributed by atoms with E-state index < -0.39 is 30.3 Å². The second kappa shape index (κ2) is 8.94. The molecule has 0 amide bonds. The van der Waals surface area contributed by atoms with Crippen molar-refractivity contribution in [1.29, 1.82) is 0 Å². The Balaban J connectivity index is 1.89. The zero-order valence-electron chi connectivity index (χ0n) is 17.7. The molecule has 0 spiro atoms. The van der Waals surface area contributed by atoms with Gasteiger partial charge in [0.15, 0.2) is 11.6 Å². The van der Waals surface area contributed by atoms with E-state index in [9.17, 15) is 9.90 Å². The zero-order chi connectivity index (χ0) is 21.9. The van der Waals surface area contributed by atoms with Crippen LogP contribution in [0.3, 0.4) is 0 Å². The van der Waals surface area contributed by atoms with E-state index in [1.165, 1.54) is 13.4 Å². The fourth-order valence-corrected chi connectivity index (χ4v) is 3.23. The number of methoxy groups -OCH3 is 1. The first-order valence-electron chi connectivity index (χ1n) is 9.47. The van der Waals surface area contributed by atoms with Gasteiger partial charge in [-0.15, -0.1) is 0 Å². The highest BCUT2D eigenvalue weighted by Crippen LogP contribution is 2.38. The van der Waals surface area contributed by atoms with E-state index in [4.69, 9.17) is 14.2 Å². The number of ether oxygens (including phenoxy) is 4. The van der Waals surface area contributed by atoms with Crippen LogP contribution < -0.4 is 0 Å². The van der Waals surface area contributed by atoms with Gasteiger partial charge in [-0.05, 0) is 26.0 Å². The van der Waals surface area contributed by atoms with Gasteiger partial charge in [0.2, 0.25) is 0 Å². The van der Waals surface area contributed by atoms with Crippen molar-refractivity contribution in [3.05, 3.63) is 24.2 Å². The van der Waals surface area contributed by atoms with Gasteiger partial charge in [-0.3, -0.25) is 0 Å². The molecule has 0 radical (unpaired) electrons. The summed E-state index contributed by atoms with van der Waals surface area (Å²) in [5.41, 5.74) is 1.41. The minimum Gasteiger partial charge on any atom is -0.438 e. The van der Waals surface area contributed by atoms with Crippen molar-refractivity contribution in [3.8, 4) is 0 Å². The summed E-state index contributed by atoms with van der Waals surface area (Å²) in [5.74, 6) is -0.860. The Morgan fingerprint density at radius 1 is 1.47 bits per heavy atom. The van der Waals surface area contributed by atoms with Crippen molar-refractivity contribution >= 4 is 23.8 Å². The summed E-state index contributed by atoms with van der Waals surface area (Å²) in [6.45, 7) is 3.11. The molecule has 3 heterocycles. The average molecular weight is 421 g/mol. The Kier molecular flexibility index (Phi) is 6.54. The summed E-state index contributed by atoms with van der Waals surface area (Å²) >= 11 is 0. The monoisotopic (exact) mass is 421 g/mol. The summed E-state index contributed by atoms with van der Waals surface area (Å²) in [5, 5.41) is 14.5. The second-order valence-electron chi connectivity index (χ2n) is 7.63. The van der Waals surface area contributed by atoms with Gasteiger partial charge < -0.3 is 29.0 Å². The molecule has 0 aliphatic carbocycles.